The van der Waals surface area contributed by atoms with E-state index in [1.807, 2.05) is 18.2 Å². The van der Waals surface area contributed by atoms with Gasteiger partial charge in [-0.2, -0.15) is 0 Å². The van der Waals surface area contributed by atoms with E-state index in [1.54, 1.807) is 18.3 Å². The number of aromatic nitrogens is 1. The van der Waals surface area contributed by atoms with Gasteiger partial charge in [0.05, 0.1) is 0 Å². The Kier molecular flexibility index (Phi) is 6.17. The molecule has 2 rings (SSSR count). The van der Waals surface area contributed by atoms with Gasteiger partial charge in [-0.05, 0) is 36.2 Å². The molecule has 3 N–H and O–H groups in total. The topological polar surface area (TPSA) is 66.0 Å². The van der Waals surface area contributed by atoms with Crippen LogP contribution in [0.25, 0.3) is 0 Å². The molecule has 0 unspecified atom stereocenters. The molecule has 2 aromatic rings. The molecule has 0 saturated carbocycles. The molecule has 116 valence electrons. The van der Waals surface area contributed by atoms with Crippen molar-refractivity contribution in [3.05, 3.63) is 60.0 Å². The SMILES string of the molecule is O=C(NCCNc1ccccn1)NCCc1ccc(F)cc1. The first-order chi connectivity index (χ1) is 10.7. The molecule has 0 spiro atoms. The molecule has 0 saturated heterocycles. The van der Waals surface area contributed by atoms with Gasteiger partial charge in [-0.1, -0.05) is 18.2 Å². The number of carbonyl (C=O) groups is 1. The molecular weight excluding hydrogens is 283 g/mol. The molecule has 0 aliphatic carbocycles. The zero-order chi connectivity index (χ0) is 15.6. The number of hydrogen-bond acceptors (Lipinski definition) is 3. The molecule has 1 aromatic heterocycles. The van der Waals surface area contributed by atoms with Crippen molar-refractivity contribution in [1.82, 2.24) is 15.6 Å². The highest BCUT2D eigenvalue weighted by Gasteiger charge is 2.00. The van der Waals surface area contributed by atoms with Crippen molar-refractivity contribution >= 4 is 11.8 Å². The van der Waals surface area contributed by atoms with Crippen LogP contribution < -0.4 is 16.0 Å². The molecule has 0 aliphatic heterocycles. The molecule has 0 bridgehead atoms. The van der Waals surface area contributed by atoms with Gasteiger partial charge in [-0.15, -0.1) is 0 Å². The smallest absolute Gasteiger partial charge is 0.314 e. The lowest BCUT2D eigenvalue weighted by Gasteiger charge is -2.09. The molecule has 1 heterocycles. The Hall–Kier alpha value is -2.63. The molecule has 0 aliphatic rings. The van der Waals surface area contributed by atoms with Crippen molar-refractivity contribution in [2.24, 2.45) is 0 Å². The molecule has 5 nitrogen and oxygen atoms in total. The third-order valence-corrected chi connectivity index (χ3v) is 2.99. The number of hydrogen-bond donors (Lipinski definition) is 3. The van der Waals surface area contributed by atoms with E-state index in [2.05, 4.69) is 20.9 Å². The summed E-state index contributed by atoms with van der Waals surface area (Å²) in [6.45, 7) is 1.60. The molecular formula is C16H19FN4O. The van der Waals surface area contributed by atoms with E-state index in [9.17, 15) is 9.18 Å². The lowest BCUT2D eigenvalue weighted by molar-refractivity contribution is 0.241. The summed E-state index contributed by atoms with van der Waals surface area (Å²) in [4.78, 5) is 15.7. The van der Waals surface area contributed by atoms with Gasteiger partial charge in [0, 0.05) is 25.8 Å². The van der Waals surface area contributed by atoms with Crippen molar-refractivity contribution in [3.8, 4) is 0 Å². The zero-order valence-electron chi connectivity index (χ0n) is 12.2. The molecule has 2 amide bonds. The van der Waals surface area contributed by atoms with E-state index in [0.717, 1.165) is 11.4 Å². The largest absolute Gasteiger partial charge is 0.368 e. The van der Waals surface area contributed by atoms with Gasteiger partial charge in [0.25, 0.3) is 0 Å². The summed E-state index contributed by atoms with van der Waals surface area (Å²) in [5, 5.41) is 8.60. The van der Waals surface area contributed by atoms with Crippen LogP contribution in [0, 0.1) is 5.82 Å². The van der Waals surface area contributed by atoms with Gasteiger partial charge in [-0.3, -0.25) is 0 Å². The third-order valence-electron chi connectivity index (χ3n) is 2.99. The lowest BCUT2D eigenvalue weighted by atomic mass is 10.1. The average Bonchev–Trinajstić information content (AvgIpc) is 2.54. The number of anilines is 1. The normalized spacial score (nSPS) is 10.0. The minimum absolute atomic E-state index is 0.218. The Balaban J connectivity index is 1.55. The second kappa shape index (κ2) is 8.61. The number of benzene rings is 1. The second-order valence-corrected chi connectivity index (χ2v) is 4.70. The number of carbonyl (C=O) groups excluding carboxylic acids is 1. The summed E-state index contributed by atoms with van der Waals surface area (Å²) in [6, 6.07) is 11.6. The molecule has 22 heavy (non-hydrogen) atoms. The van der Waals surface area contributed by atoms with Crippen molar-refractivity contribution in [1.29, 1.82) is 0 Å². The molecule has 1 aromatic carbocycles. The molecule has 6 heteroatoms. The third kappa shape index (κ3) is 5.78. The predicted octanol–water partition coefficient (Wildman–Crippen LogP) is 2.17. The van der Waals surface area contributed by atoms with Crippen molar-refractivity contribution in [3.63, 3.8) is 0 Å². The number of halogens is 1. The first kappa shape index (κ1) is 15.8. The summed E-state index contributed by atoms with van der Waals surface area (Å²) < 4.78 is 12.7. The van der Waals surface area contributed by atoms with Crippen LogP contribution in [0.4, 0.5) is 15.0 Å². The molecule has 0 atom stereocenters. The average molecular weight is 302 g/mol. The van der Waals surface area contributed by atoms with Gasteiger partial charge in [0.15, 0.2) is 0 Å². The monoisotopic (exact) mass is 302 g/mol. The summed E-state index contributed by atoms with van der Waals surface area (Å²) >= 11 is 0. The van der Waals surface area contributed by atoms with Gasteiger partial charge < -0.3 is 16.0 Å². The Morgan fingerprint density at radius 3 is 2.50 bits per heavy atom. The van der Waals surface area contributed by atoms with Gasteiger partial charge >= 0.3 is 6.03 Å². The standard InChI is InChI=1S/C16H19FN4O/c17-14-6-4-13(5-7-14)8-10-20-16(22)21-12-11-19-15-3-1-2-9-18-15/h1-7,9H,8,10-12H2,(H,18,19)(H2,20,21,22). The van der Waals surface area contributed by atoms with E-state index < -0.39 is 0 Å². The fraction of sp³-hybridized carbons (Fsp3) is 0.250. The van der Waals surface area contributed by atoms with Crippen molar-refractivity contribution in [2.75, 3.05) is 25.0 Å². The van der Waals surface area contributed by atoms with Crippen molar-refractivity contribution < 1.29 is 9.18 Å². The van der Waals surface area contributed by atoms with Gasteiger partial charge in [-0.25, -0.2) is 14.2 Å². The van der Waals surface area contributed by atoms with Crippen LogP contribution >= 0.6 is 0 Å². The fourth-order valence-electron chi connectivity index (χ4n) is 1.87. The van der Waals surface area contributed by atoms with Gasteiger partial charge in [0.1, 0.15) is 11.6 Å². The van der Waals surface area contributed by atoms with E-state index in [-0.39, 0.29) is 11.8 Å². The van der Waals surface area contributed by atoms with Crippen LogP contribution in [0.3, 0.4) is 0 Å². The first-order valence-corrected chi connectivity index (χ1v) is 7.15. The van der Waals surface area contributed by atoms with Gasteiger partial charge in [0.2, 0.25) is 0 Å². The quantitative estimate of drug-likeness (QED) is 0.687. The number of pyridine rings is 1. The molecule has 0 radical (unpaired) electrons. The minimum atomic E-state index is -0.255. The summed E-state index contributed by atoms with van der Waals surface area (Å²) in [7, 11) is 0. The zero-order valence-corrected chi connectivity index (χ0v) is 12.2. The maximum atomic E-state index is 12.7. The maximum Gasteiger partial charge on any atom is 0.314 e. The summed E-state index contributed by atoms with van der Waals surface area (Å²) in [5.41, 5.74) is 0.985. The highest BCUT2D eigenvalue weighted by Crippen LogP contribution is 2.02. The minimum Gasteiger partial charge on any atom is -0.368 e. The van der Waals surface area contributed by atoms with Crippen LogP contribution in [0.1, 0.15) is 5.56 Å². The fourth-order valence-corrected chi connectivity index (χ4v) is 1.87. The number of rotatable bonds is 7. The van der Waals surface area contributed by atoms with Crippen LogP contribution in [-0.4, -0.2) is 30.6 Å². The van der Waals surface area contributed by atoms with E-state index >= 15 is 0 Å². The number of urea groups is 1. The second-order valence-electron chi connectivity index (χ2n) is 4.70. The number of amides is 2. The van der Waals surface area contributed by atoms with E-state index in [1.165, 1.54) is 12.1 Å². The first-order valence-electron chi connectivity index (χ1n) is 7.15. The van der Waals surface area contributed by atoms with Crippen LogP contribution in [0.5, 0.6) is 0 Å². The number of nitrogens with one attached hydrogen (secondary N) is 3. The van der Waals surface area contributed by atoms with E-state index in [4.69, 9.17) is 0 Å². The summed E-state index contributed by atoms with van der Waals surface area (Å²) in [5.74, 6) is 0.524. The lowest BCUT2D eigenvalue weighted by Crippen LogP contribution is -2.38. The van der Waals surface area contributed by atoms with Crippen LogP contribution in [0.2, 0.25) is 0 Å². The van der Waals surface area contributed by atoms with Crippen LogP contribution in [0.15, 0.2) is 48.7 Å². The predicted molar refractivity (Wildman–Crippen MR) is 84.2 cm³/mol. The van der Waals surface area contributed by atoms with Crippen molar-refractivity contribution in [2.45, 2.75) is 6.42 Å². The summed E-state index contributed by atoms with van der Waals surface area (Å²) in [6.07, 6.45) is 2.37. The Bertz CT molecular complexity index is 574. The molecule has 0 fully saturated rings. The Labute approximate surface area is 129 Å². The highest BCUT2D eigenvalue weighted by atomic mass is 19.1. The van der Waals surface area contributed by atoms with E-state index in [0.29, 0.717) is 26.1 Å². The maximum absolute atomic E-state index is 12.7. The Morgan fingerprint density at radius 1 is 1.00 bits per heavy atom. The Morgan fingerprint density at radius 2 is 1.77 bits per heavy atom. The van der Waals surface area contributed by atoms with Crippen LogP contribution in [-0.2, 0) is 6.42 Å². The number of nitrogens with zero attached hydrogens (tertiary/aromatic N) is 1. The highest BCUT2D eigenvalue weighted by molar-refractivity contribution is 5.73.